The molecule has 1 aromatic carbocycles. The summed E-state index contributed by atoms with van der Waals surface area (Å²) in [7, 11) is -3.64. The van der Waals surface area contributed by atoms with Gasteiger partial charge in [0.2, 0.25) is 0 Å². The number of hydrogen-bond acceptors (Lipinski definition) is 7. The van der Waals surface area contributed by atoms with Crippen LogP contribution in [0.4, 0.5) is 0 Å². The van der Waals surface area contributed by atoms with E-state index < -0.39 is 33.1 Å². The van der Waals surface area contributed by atoms with Crippen LogP contribution in [0.2, 0.25) is 5.02 Å². The van der Waals surface area contributed by atoms with E-state index in [2.05, 4.69) is 0 Å². The van der Waals surface area contributed by atoms with Crippen LogP contribution in [0.3, 0.4) is 0 Å². The van der Waals surface area contributed by atoms with Crippen LogP contribution in [0.25, 0.3) is 0 Å². The van der Waals surface area contributed by atoms with Gasteiger partial charge in [0, 0.05) is 36.8 Å². The third kappa shape index (κ3) is 4.94. The molecule has 158 valence electrons. The van der Waals surface area contributed by atoms with Crippen molar-refractivity contribution in [2.45, 2.75) is 49.7 Å². The molecule has 7 nitrogen and oxygen atoms in total. The van der Waals surface area contributed by atoms with E-state index in [-0.39, 0.29) is 53.2 Å². The second kappa shape index (κ2) is 9.04. The molecule has 1 aliphatic heterocycles. The van der Waals surface area contributed by atoms with E-state index in [1.54, 1.807) is 0 Å². The number of halogens is 1. The fourth-order valence-electron chi connectivity index (χ4n) is 3.70. The molecule has 1 aliphatic carbocycles. The summed E-state index contributed by atoms with van der Waals surface area (Å²) in [4.78, 5) is 37.1. The quantitative estimate of drug-likeness (QED) is 0.472. The molecule has 0 aromatic heterocycles. The van der Waals surface area contributed by atoms with Gasteiger partial charge < -0.3 is 9.47 Å². The molecule has 1 aromatic rings. The van der Waals surface area contributed by atoms with E-state index >= 15 is 0 Å². The molecule has 0 amide bonds. The molecule has 0 bridgehead atoms. The number of ether oxygens (including phenoxy) is 2. The number of carbonyl (C=O) groups excluding carboxylic acids is 3. The van der Waals surface area contributed by atoms with Crippen molar-refractivity contribution >= 4 is 38.8 Å². The second-order valence-corrected chi connectivity index (χ2v) is 9.77. The predicted octanol–water partition coefficient (Wildman–Crippen LogP) is 2.56. The lowest BCUT2D eigenvalue weighted by Gasteiger charge is -2.20. The minimum absolute atomic E-state index is 0.0385. The first kappa shape index (κ1) is 22.1. The Balaban J connectivity index is 1.91. The van der Waals surface area contributed by atoms with Crippen LogP contribution in [-0.4, -0.2) is 51.3 Å². The number of benzene rings is 1. The van der Waals surface area contributed by atoms with Gasteiger partial charge in [0.15, 0.2) is 27.2 Å². The van der Waals surface area contributed by atoms with Gasteiger partial charge >= 0.3 is 0 Å². The summed E-state index contributed by atoms with van der Waals surface area (Å²) in [6.07, 6.45) is 3.55. The molecule has 0 N–H and O–H groups in total. The summed E-state index contributed by atoms with van der Waals surface area (Å²) in [5, 5.41) is -0.101. The van der Waals surface area contributed by atoms with Crippen LogP contribution in [0, 0.1) is 5.92 Å². The third-order valence-electron chi connectivity index (χ3n) is 5.19. The van der Waals surface area contributed by atoms with E-state index in [1.807, 2.05) is 0 Å². The van der Waals surface area contributed by atoms with E-state index in [0.717, 1.165) is 19.1 Å². The number of ketones is 3. The zero-order chi connectivity index (χ0) is 21.2. The molecule has 0 spiro atoms. The van der Waals surface area contributed by atoms with Gasteiger partial charge in [0.05, 0.1) is 29.2 Å². The SMILES string of the molecule is CS(=O)(=O)c1ccc(C(=O)C2C(=O)CCCC2=O)c(Cl)c1COC[C@H]1CCCO1. The van der Waals surface area contributed by atoms with Gasteiger partial charge in [-0.15, -0.1) is 0 Å². The summed E-state index contributed by atoms with van der Waals surface area (Å²) >= 11 is 6.41. The van der Waals surface area contributed by atoms with Crippen LogP contribution in [-0.2, 0) is 35.5 Å². The van der Waals surface area contributed by atoms with Gasteiger partial charge in [-0.1, -0.05) is 11.6 Å². The Morgan fingerprint density at radius 2 is 1.90 bits per heavy atom. The topological polar surface area (TPSA) is 104 Å². The van der Waals surface area contributed by atoms with Gasteiger partial charge in [-0.2, -0.15) is 0 Å². The van der Waals surface area contributed by atoms with E-state index in [0.29, 0.717) is 13.0 Å². The van der Waals surface area contributed by atoms with Crippen LogP contribution in [0.15, 0.2) is 17.0 Å². The number of rotatable bonds is 7. The zero-order valence-electron chi connectivity index (χ0n) is 16.1. The minimum Gasteiger partial charge on any atom is -0.376 e. The maximum absolute atomic E-state index is 12.9. The molecule has 29 heavy (non-hydrogen) atoms. The largest absolute Gasteiger partial charge is 0.376 e. The second-order valence-electron chi connectivity index (χ2n) is 7.41. The summed E-state index contributed by atoms with van der Waals surface area (Å²) in [5.41, 5.74) is 0.108. The smallest absolute Gasteiger partial charge is 0.182 e. The summed E-state index contributed by atoms with van der Waals surface area (Å²) < 4.78 is 35.5. The summed E-state index contributed by atoms with van der Waals surface area (Å²) in [6.45, 7) is 0.808. The Labute approximate surface area is 174 Å². The average Bonchev–Trinajstić information content (AvgIpc) is 3.15. The fraction of sp³-hybridized carbons (Fsp3) is 0.550. The van der Waals surface area contributed by atoms with Crippen molar-refractivity contribution in [1.82, 2.24) is 0 Å². The third-order valence-corrected chi connectivity index (χ3v) is 6.80. The van der Waals surface area contributed by atoms with E-state index in [1.165, 1.54) is 12.1 Å². The van der Waals surface area contributed by atoms with Gasteiger partial charge in [-0.25, -0.2) is 8.42 Å². The Hall–Kier alpha value is -1.61. The molecule has 9 heteroatoms. The monoisotopic (exact) mass is 442 g/mol. The summed E-state index contributed by atoms with van der Waals surface area (Å²) in [6, 6.07) is 2.54. The molecule has 2 aliphatic rings. The molecule has 1 saturated carbocycles. The minimum atomic E-state index is -3.64. The van der Waals surface area contributed by atoms with Crippen molar-refractivity contribution < 1.29 is 32.3 Å². The Morgan fingerprint density at radius 1 is 1.21 bits per heavy atom. The molecule has 1 heterocycles. The lowest BCUT2D eigenvalue weighted by molar-refractivity contribution is -0.133. The number of sulfone groups is 1. The zero-order valence-corrected chi connectivity index (χ0v) is 17.7. The van der Waals surface area contributed by atoms with Crippen LogP contribution in [0.1, 0.15) is 48.0 Å². The molecule has 1 saturated heterocycles. The lowest BCUT2D eigenvalue weighted by atomic mass is 9.81. The fourth-order valence-corrected chi connectivity index (χ4v) is 4.99. The van der Waals surface area contributed by atoms with Gasteiger partial charge in [-0.3, -0.25) is 14.4 Å². The molecule has 3 rings (SSSR count). The molecule has 2 fully saturated rings. The van der Waals surface area contributed by atoms with Crippen molar-refractivity contribution in [2.75, 3.05) is 19.5 Å². The normalized spacial score (nSPS) is 21.0. The number of Topliss-reactive ketones (excluding diaryl/α,β-unsaturated/α-hetero) is 3. The van der Waals surface area contributed by atoms with Crippen molar-refractivity contribution in [3.63, 3.8) is 0 Å². The molecular weight excluding hydrogens is 420 g/mol. The van der Waals surface area contributed by atoms with Gasteiger partial charge in [0.25, 0.3) is 0 Å². The Morgan fingerprint density at radius 3 is 2.48 bits per heavy atom. The van der Waals surface area contributed by atoms with E-state index in [9.17, 15) is 22.8 Å². The lowest BCUT2D eigenvalue weighted by Crippen LogP contribution is -2.35. The Bertz CT molecular complexity index is 916. The molecular formula is C20H23ClO7S. The maximum Gasteiger partial charge on any atom is 0.182 e. The van der Waals surface area contributed by atoms with Gasteiger partial charge in [0.1, 0.15) is 5.92 Å². The van der Waals surface area contributed by atoms with E-state index in [4.69, 9.17) is 21.1 Å². The first-order valence-electron chi connectivity index (χ1n) is 9.50. The maximum atomic E-state index is 12.9. The first-order valence-corrected chi connectivity index (χ1v) is 11.8. The van der Waals surface area contributed by atoms with Crippen molar-refractivity contribution in [2.24, 2.45) is 5.92 Å². The number of hydrogen-bond donors (Lipinski definition) is 0. The molecule has 0 radical (unpaired) electrons. The highest BCUT2D eigenvalue weighted by Gasteiger charge is 2.38. The van der Waals surface area contributed by atoms with Crippen LogP contribution < -0.4 is 0 Å². The highest BCUT2D eigenvalue weighted by molar-refractivity contribution is 7.90. The molecule has 0 unspecified atom stereocenters. The molecule has 1 atom stereocenters. The highest BCUT2D eigenvalue weighted by Crippen LogP contribution is 2.32. The van der Waals surface area contributed by atoms with Gasteiger partial charge in [-0.05, 0) is 31.4 Å². The highest BCUT2D eigenvalue weighted by atomic mass is 35.5. The van der Waals surface area contributed by atoms with Crippen LogP contribution >= 0.6 is 11.6 Å². The Kier molecular flexibility index (Phi) is 6.88. The number of carbonyl (C=O) groups is 3. The van der Waals surface area contributed by atoms with Crippen molar-refractivity contribution in [1.29, 1.82) is 0 Å². The predicted molar refractivity (Wildman–Crippen MR) is 105 cm³/mol. The average molecular weight is 443 g/mol. The standard InChI is InChI=1S/C20H23ClO7S/c1-29(25,26)17-8-7-13(20(24)18-15(22)5-2-6-16(18)23)19(21)14(17)11-27-10-12-4-3-9-28-12/h7-8,12,18H,2-6,9-11H2,1H3/t12-/m1/s1. The summed E-state index contributed by atoms with van der Waals surface area (Å²) in [5.74, 6) is -2.91. The van der Waals surface area contributed by atoms with Crippen molar-refractivity contribution in [3.05, 3.63) is 28.3 Å². The van der Waals surface area contributed by atoms with Crippen LogP contribution in [0.5, 0.6) is 0 Å². The van der Waals surface area contributed by atoms with Crippen molar-refractivity contribution in [3.8, 4) is 0 Å². The first-order chi connectivity index (χ1) is 13.7.